The molecule has 39 heavy (non-hydrogen) atoms. The highest BCUT2D eigenvalue weighted by Gasteiger charge is 2.24. The van der Waals surface area contributed by atoms with E-state index in [1.54, 1.807) is 7.11 Å². The van der Waals surface area contributed by atoms with Gasteiger partial charge in [-0.15, -0.1) is 0 Å². The predicted molar refractivity (Wildman–Crippen MR) is 155 cm³/mol. The highest BCUT2D eigenvalue weighted by Crippen LogP contribution is 2.42. The summed E-state index contributed by atoms with van der Waals surface area (Å²) < 4.78 is 22.4. The molecule has 0 aliphatic heterocycles. The summed E-state index contributed by atoms with van der Waals surface area (Å²) in [6.07, 6.45) is 7.69. The second kappa shape index (κ2) is 13.3. The molecular formula is C33H41N2O4+. The first kappa shape index (κ1) is 28.2. The first-order valence-electron chi connectivity index (χ1n) is 13.9. The molecule has 3 aromatic carbocycles. The number of benzene rings is 3. The number of nitrogens with zero attached hydrogens (tertiary/aromatic N) is 2. The van der Waals surface area contributed by atoms with Crippen molar-refractivity contribution in [1.29, 1.82) is 0 Å². The third-order valence-electron chi connectivity index (χ3n) is 6.73. The van der Waals surface area contributed by atoms with E-state index >= 15 is 0 Å². The van der Waals surface area contributed by atoms with Crippen LogP contribution in [0, 0.1) is 11.8 Å². The van der Waals surface area contributed by atoms with Crippen LogP contribution in [0.3, 0.4) is 0 Å². The molecule has 0 aliphatic rings. The fourth-order valence-electron chi connectivity index (χ4n) is 4.50. The van der Waals surface area contributed by atoms with Crippen LogP contribution in [0.2, 0.25) is 0 Å². The molecular weight excluding hydrogens is 488 g/mol. The third kappa shape index (κ3) is 7.41. The maximum Gasteiger partial charge on any atom is 0.244 e. The molecule has 0 atom stereocenters. The molecule has 0 saturated heterocycles. The zero-order valence-electron chi connectivity index (χ0n) is 23.9. The van der Waals surface area contributed by atoms with E-state index in [0.717, 1.165) is 30.2 Å². The molecule has 0 N–H and O–H groups in total. The van der Waals surface area contributed by atoms with E-state index in [1.807, 2.05) is 65.8 Å². The minimum Gasteiger partial charge on any atom is -0.496 e. The first-order valence-corrected chi connectivity index (χ1v) is 13.9. The van der Waals surface area contributed by atoms with Crippen LogP contribution in [-0.4, -0.2) is 30.7 Å². The highest BCUT2D eigenvalue weighted by molar-refractivity contribution is 6.08. The summed E-state index contributed by atoms with van der Waals surface area (Å²) in [5.41, 5.74) is 1.72. The Bertz CT molecular complexity index is 1380. The number of ether oxygens (including phenoxy) is 3. The van der Waals surface area contributed by atoms with Gasteiger partial charge in [-0.3, -0.25) is 4.79 Å². The van der Waals surface area contributed by atoms with Crippen molar-refractivity contribution in [3.8, 4) is 17.2 Å². The topological polar surface area (TPSA) is 53.6 Å². The van der Waals surface area contributed by atoms with Crippen LogP contribution in [0.4, 0.5) is 0 Å². The lowest BCUT2D eigenvalue weighted by molar-refractivity contribution is -0.687. The number of rotatable bonds is 14. The maximum atomic E-state index is 13.9. The molecule has 0 spiro atoms. The normalized spacial score (nSPS) is 11.4. The van der Waals surface area contributed by atoms with Gasteiger partial charge in [-0.05, 0) is 42.4 Å². The smallest absolute Gasteiger partial charge is 0.244 e. The van der Waals surface area contributed by atoms with E-state index in [1.165, 1.54) is 5.56 Å². The predicted octanol–water partition coefficient (Wildman–Crippen LogP) is 6.72. The van der Waals surface area contributed by atoms with Crippen molar-refractivity contribution in [2.45, 2.75) is 53.6 Å². The van der Waals surface area contributed by atoms with Crippen molar-refractivity contribution >= 4 is 16.6 Å². The van der Waals surface area contributed by atoms with Gasteiger partial charge in [-0.2, -0.15) is 0 Å². The molecule has 0 radical (unpaired) electrons. The van der Waals surface area contributed by atoms with Crippen LogP contribution in [0.5, 0.6) is 17.2 Å². The lowest BCUT2D eigenvalue weighted by Gasteiger charge is -2.19. The zero-order valence-corrected chi connectivity index (χ0v) is 23.9. The number of carbonyl (C=O) groups is 1. The van der Waals surface area contributed by atoms with Gasteiger partial charge in [0, 0.05) is 5.39 Å². The Kier molecular flexibility index (Phi) is 9.64. The van der Waals surface area contributed by atoms with E-state index in [0.29, 0.717) is 47.9 Å². The lowest BCUT2D eigenvalue weighted by Crippen LogP contribution is -2.31. The van der Waals surface area contributed by atoms with Crippen molar-refractivity contribution < 1.29 is 23.6 Å². The fourth-order valence-corrected chi connectivity index (χ4v) is 4.50. The van der Waals surface area contributed by atoms with E-state index in [4.69, 9.17) is 14.2 Å². The average Bonchev–Trinajstić information content (AvgIpc) is 3.35. The molecule has 4 aromatic rings. The van der Waals surface area contributed by atoms with Crippen LogP contribution in [0.1, 0.15) is 56.5 Å². The molecule has 0 saturated carbocycles. The van der Waals surface area contributed by atoms with E-state index < -0.39 is 0 Å². The molecule has 6 heteroatoms. The number of hydrogen-bond acceptors (Lipinski definition) is 4. The highest BCUT2D eigenvalue weighted by atomic mass is 16.5. The van der Waals surface area contributed by atoms with Crippen molar-refractivity contribution in [1.82, 2.24) is 4.57 Å². The molecule has 4 rings (SSSR count). The number of aromatic nitrogens is 2. The molecule has 206 valence electrons. The van der Waals surface area contributed by atoms with E-state index in [-0.39, 0.29) is 12.3 Å². The monoisotopic (exact) mass is 529 g/mol. The average molecular weight is 530 g/mol. The van der Waals surface area contributed by atoms with Crippen LogP contribution < -0.4 is 18.8 Å². The van der Waals surface area contributed by atoms with E-state index in [9.17, 15) is 4.79 Å². The second-order valence-electron chi connectivity index (χ2n) is 10.9. The van der Waals surface area contributed by atoms with Gasteiger partial charge in [0.1, 0.15) is 36.2 Å². The van der Waals surface area contributed by atoms with Gasteiger partial charge in [0.25, 0.3) is 0 Å². The summed E-state index contributed by atoms with van der Waals surface area (Å²) in [4.78, 5) is 13.9. The molecule has 0 aliphatic carbocycles. The summed E-state index contributed by atoms with van der Waals surface area (Å²) in [5, 5.41) is 1.66. The Morgan fingerprint density at radius 2 is 1.62 bits per heavy atom. The third-order valence-corrected chi connectivity index (χ3v) is 6.73. The Balaban J connectivity index is 1.70. The Morgan fingerprint density at radius 1 is 0.897 bits per heavy atom. The van der Waals surface area contributed by atoms with Gasteiger partial charge < -0.3 is 14.2 Å². The van der Waals surface area contributed by atoms with Gasteiger partial charge in [0.05, 0.1) is 31.3 Å². The van der Waals surface area contributed by atoms with Crippen LogP contribution in [0.25, 0.3) is 10.8 Å². The Labute approximate surface area is 232 Å². The molecule has 0 fully saturated rings. The van der Waals surface area contributed by atoms with E-state index in [2.05, 4.69) is 44.4 Å². The van der Waals surface area contributed by atoms with Gasteiger partial charge in [-0.1, -0.05) is 70.2 Å². The maximum absolute atomic E-state index is 13.9. The summed E-state index contributed by atoms with van der Waals surface area (Å²) in [6.45, 7) is 10.7. The minimum atomic E-state index is -0.0430. The Morgan fingerprint density at radius 3 is 2.31 bits per heavy atom. The van der Waals surface area contributed by atoms with Crippen LogP contribution in [0.15, 0.2) is 73.3 Å². The molecule has 0 unspecified atom stereocenters. The van der Waals surface area contributed by atoms with Crippen molar-refractivity contribution in [2.75, 3.05) is 20.3 Å². The lowest BCUT2D eigenvalue weighted by atomic mass is 10.00. The number of Topliss-reactive ketones (excluding diaryl/α,β-unsaturated/α-hetero) is 1. The number of ketones is 1. The number of hydrogen-bond donors (Lipinski definition) is 0. The van der Waals surface area contributed by atoms with Crippen molar-refractivity contribution in [2.24, 2.45) is 11.8 Å². The molecule has 0 bridgehead atoms. The van der Waals surface area contributed by atoms with Crippen molar-refractivity contribution in [3.05, 3.63) is 84.4 Å². The number of fused-ring (bicyclic) bond motifs is 1. The summed E-state index contributed by atoms with van der Waals surface area (Å²) in [7, 11) is 1.64. The number of methoxy groups -OCH3 is 1. The first-order chi connectivity index (χ1) is 18.9. The minimum absolute atomic E-state index is 0.0430. The molecule has 1 heterocycles. The van der Waals surface area contributed by atoms with Crippen LogP contribution in [-0.2, 0) is 13.1 Å². The standard InChI is InChI=1S/C33H41N2O4/c1-24(2)14-18-38-31-20-28(29(36)22-35-17-16-34(23-35)21-26-10-7-6-8-11-26)33(39-19-15-25(3)4)32-27(31)12-9-13-30(32)37-5/h6-13,16-17,20,23-25H,14-15,18-19,21-22H2,1-5H3/q+1. The van der Waals surface area contributed by atoms with Gasteiger partial charge in [0.2, 0.25) is 12.1 Å². The van der Waals surface area contributed by atoms with Gasteiger partial charge in [0.15, 0.2) is 6.54 Å². The second-order valence-corrected chi connectivity index (χ2v) is 10.9. The Hall–Kier alpha value is -3.80. The summed E-state index contributed by atoms with van der Waals surface area (Å²) >= 11 is 0. The van der Waals surface area contributed by atoms with Crippen molar-refractivity contribution in [3.63, 3.8) is 0 Å². The summed E-state index contributed by atoms with van der Waals surface area (Å²) in [6, 6.07) is 18.0. The van der Waals surface area contributed by atoms with Gasteiger partial charge >= 0.3 is 0 Å². The fraction of sp³-hybridized carbons (Fsp3) is 0.394. The molecule has 1 aromatic heterocycles. The van der Waals surface area contributed by atoms with Gasteiger partial charge in [-0.25, -0.2) is 9.13 Å². The molecule has 0 amide bonds. The zero-order chi connectivity index (χ0) is 27.8. The largest absolute Gasteiger partial charge is 0.496 e. The molecule has 6 nitrogen and oxygen atoms in total. The SMILES string of the molecule is COc1cccc2c(OCCC(C)C)cc(C(=O)Cn3cc[n+](Cc4ccccc4)c3)c(OCCC(C)C)c12. The number of carbonyl (C=O) groups excluding carboxylic acids is 1. The number of imidazole rings is 1. The van der Waals surface area contributed by atoms with Crippen LogP contribution >= 0.6 is 0 Å². The summed E-state index contributed by atoms with van der Waals surface area (Å²) in [5.74, 6) is 2.86. The quantitative estimate of drug-likeness (QED) is 0.134.